The Morgan fingerprint density at radius 1 is 1.09 bits per heavy atom. The summed E-state index contributed by atoms with van der Waals surface area (Å²) in [6.45, 7) is 0. The van der Waals surface area contributed by atoms with E-state index in [4.69, 9.17) is 16.7 Å². The number of carboxylic acids is 1. The Balaban J connectivity index is 1.58. The number of halogens is 1. The Morgan fingerprint density at radius 3 is 2.50 bits per heavy atom. The number of aliphatic hydroxyl groups is 2. The first-order chi connectivity index (χ1) is 15.5. The van der Waals surface area contributed by atoms with Gasteiger partial charge in [0.05, 0.1) is 12.2 Å². The molecular formula is C27H33ClO4. The molecule has 0 amide bonds. The molecule has 2 unspecified atom stereocenters. The highest BCUT2D eigenvalue weighted by molar-refractivity contribution is 6.21. The molecule has 32 heavy (non-hydrogen) atoms. The van der Waals surface area contributed by atoms with Crippen LogP contribution in [0.4, 0.5) is 0 Å². The van der Waals surface area contributed by atoms with Crippen molar-refractivity contribution in [1.82, 2.24) is 0 Å². The van der Waals surface area contributed by atoms with Crippen molar-refractivity contribution in [3.8, 4) is 0 Å². The van der Waals surface area contributed by atoms with E-state index in [-0.39, 0.29) is 23.6 Å². The van der Waals surface area contributed by atoms with Crippen LogP contribution >= 0.6 is 11.6 Å². The molecule has 0 aromatic heterocycles. The highest BCUT2D eigenvalue weighted by Gasteiger charge is 2.41. The lowest BCUT2D eigenvalue weighted by atomic mass is 9.84. The number of aliphatic carboxylic acids is 1. The first-order valence-corrected chi connectivity index (χ1v) is 11.9. The van der Waals surface area contributed by atoms with Crippen LogP contribution in [-0.4, -0.2) is 32.8 Å². The summed E-state index contributed by atoms with van der Waals surface area (Å²) in [7, 11) is 0. The number of carbonyl (C=O) groups is 1. The molecule has 0 spiro atoms. The number of alkyl halides is 1. The number of aryl methyl sites for hydroxylation is 1. The van der Waals surface area contributed by atoms with Gasteiger partial charge in [0, 0.05) is 17.7 Å². The van der Waals surface area contributed by atoms with E-state index in [0.29, 0.717) is 19.3 Å². The molecule has 1 saturated carbocycles. The Hall–Kier alpha value is -2.14. The normalized spacial score (nSPS) is 24.1. The van der Waals surface area contributed by atoms with Crippen LogP contribution in [0.1, 0.15) is 67.2 Å². The summed E-state index contributed by atoms with van der Waals surface area (Å²) in [6.07, 6.45) is 7.39. The fraction of sp³-hybridized carbons (Fsp3) is 0.444. The number of rotatable bonds is 11. The lowest BCUT2D eigenvalue weighted by molar-refractivity contribution is -0.137. The Labute approximate surface area is 195 Å². The highest BCUT2D eigenvalue weighted by Crippen LogP contribution is 2.45. The number of unbranched alkanes of at least 4 members (excludes halogenated alkanes) is 1. The molecular weight excluding hydrogens is 424 g/mol. The largest absolute Gasteiger partial charge is 0.481 e. The van der Waals surface area contributed by atoms with E-state index in [2.05, 4.69) is 18.2 Å². The first-order valence-electron chi connectivity index (χ1n) is 11.5. The maximum absolute atomic E-state index is 10.7. The molecule has 4 nitrogen and oxygen atoms in total. The average Bonchev–Trinajstić information content (AvgIpc) is 3.07. The second-order valence-corrected chi connectivity index (χ2v) is 9.27. The zero-order chi connectivity index (χ0) is 22.9. The van der Waals surface area contributed by atoms with Crippen LogP contribution in [0.25, 0.3) is 0 Å². The van der Waals surface area contributed by atoms with E-state index in [1.807, 2.05) is 48.5 Å². The molecule has 1 fully saturated rings. The van der Waals surface area contributed by atoms with Crippen molar-refractivity contribution in [3.63, 3.8) is 0 Å². The standard InChI is InChI=1S/C27H33ClO4/c28-23-18-25(30)27(22(23)10-6-1-2-7-11-26(31)32)21-15-13-20(14-16-21)24(29)17-12-19-8-4-3-5-9-19/h1,3-6,8-9,13-16,22-25,27,29-30H,2,7,10-12,17-18H2,(H,31,32)/t22-,23+,24?,25?,27+/m0/s1. The van der Waals surface area contributed by atoms with E-state index < -0.39 is 18.2 Å². The van der Waals surface area contributed by atoms with Gasteiger partial charge in [0.25, 0.3) is 0 Å². The molecule has 2 aromatic rings. The summed E-state index contributed by atoms with van der Waals surface area (Å²) < 4.78 is 0. The number of hydrogen-bond acceptors (Lipinski definition) is 3. The van der Waals surface area contributed by atoms with Crippen molar-refractivity contribution in [3.05, 3.63) is 83.4 Å². The van der Waals surface area contributed by atoms with Crippen LogP contribution in [-0.2, 0) is 11.2 Å². The topological polar surface area (TPSA) is 77.8 Å². The number of aliphatic hydroxyl groups excluding tert-OH is 2. The van der Waals surface area contributed by atoms with Gasteiger partial charge in [0.15, 0.2) is 0 Å². The van der Waals surface area contributed by atoms with Crippen LogP contribution in [0.5, 0.6) is 0 Å². The molecule has 1 aliphatic carbocycles. The van der Waals surface area contributed by atoms with Gasteiger partial charge >= 0.3 is 5.97 Å². The molecule has 2 aromatic carbocycles. The van der Waals surface area contributed by atoms with Gasteiger partial charge in [0.1, 0.15) is 0 Å². The summed E-state index contributed by atoms with van der Waals surface area (Å²) in [5.41, 5.74) is 3.14. The molecule has 0 heterocycles. The predicted octanol–water partition coefficient (Wildman–Crippen LogP) is 5.63. The fourth-order valence-corrected chi connectivity index (χ4v) is 5.07. The van der Waals surface area contributed by atoms with Crippen molar-refractivity contribution in [2.75, 3.05) is 0 Å². The molecule has 5 atom stereocenters. The van der Waals surface area contributed by atoms with Gasteiger partial charge in [-0.1, -0.05) is 66.7 Å². The second-order valence-electron chi connectivity index (χ2n) is 8.71. The van der Waals surface area contributed by atoms with Gasteiger partial charge in [-0.15, -0.1) is 11.6 Å². The van der Waals surface area contributed by atoms with Crippen LogP contribution in [0.2, 0.25) is 0 Å². The van der Waals surface area contributed by atoms with Crippen LogP contribution < -0.4 is 0 Å². The maximum atomic E-state index is 10.7. The minimum Gasteiger partial charge on any atom is -0.481 e. The number of allylic oxidation sites excluding steroid dienone is 2. The van der Waals surface area contributed by atoms with E-state index in [1.165, 1.54) is 5.56 Å². The zero-order valence-corrected chi connectivity index (χ0v) is 19.1. The van der Waals surface area contributed by atoms with Gasteiger partial charge in [-0.25, -0.2) is 0 Å². The van der Waals surface area contributed by atoms with Crippen molar-refractivity contribution < 1.29 is 20.1 Å². The van der Waals surface area contributed by atoms with Crippen LogP contribution in [0.3, 0.4) is 0 Å². The molecule has 0 radical (unpaired) electrons. The number of carboxylic acid groups (broad SMARTS) is 1. The smallest absolute Gasteiger partial charge is 0.303 e. The van der Waals surface area contributed by atoms with E-state index in [0.717, 1.165) is 30.4 Å². The predicted molar refractivity (Wildman–Crippen MR) is 128 cm³/mol. The molecule has 172 valence electrons. The Morgan fingerprint density at radius 2 is 1.81 bits per heavy atom. The van der Waals surface area contributed by atoms with Crippen LogP contribution in [0.15, 0.2) is 66.7 Å². The van der Waals surface area contributed by atoms with Gasteiger partial charge < -0.3 is 15.3 Å². The fourth-order valence-electron chi connectivity index (χ4n) is 4.62. The lowest BCUT2D eigenvalue weighted by Crippen LogP contribution is -2.18. The Bertz CT molecular complexity index is 865. The molecule has 0 aliphatic heterocycles. The van der Waals surface area contributed by atoms with E-state index in [1.54, 1.807) is 0 Å². The number of hydrogen-bond donors (Lipinski definition) is 3. The van der Waals surface area contributed by atoms with Crippen molar-refractivity contribution in [2.45, 2.75) is 68.4 Å². The molecule has 1 aliphatic rings. The summed E-state index contributed by atoms with van der Waals surface area (Å²) in [5.74, 6) is -0.695. The zero-order valence-electron chi connectivity index (χ0n) is 18.3. The Kier molecular flexibility index (Phi) is 9.34. The minimum absolute atomic E-state index is 0.0447. The first kappa shape index (κ1) is 24.5. The lowest BCUT2D eigenvalue weighted by Gasteiger charge is -2.23. The molecule has 3 rings (SSSR count). The van der Waals surface area contributed by atoms with Gasteiger partial charge in [-0.3, -0.25) is 4.79 Å². The molecule has 0 saturated heterocycles. The molecule has 3 N–H and O–H groups in total. The van der Waals surface area contributed by atoms with Crippen molar-refractivity contribution >= 4 is 17.6 Å². The molecule has 0 bridgehead atoms. The van der Waals surface area contributed by atoms with Crippen LogP contribution in [0, 0.1) is 5.92 Å². The SMILES string of the molecule is O=C(O)CCCC=CC[C@H]1[C@H](Cl)CC(O)[C@@H]1c1ccc(C(O)CCc2ccccc2)cc1. The monoisotopic (exact) mass is 456 g/mol. The maximum Gasteiger partial charge on any atom is 0.303 e. The summed E-state index contributed by atoms with van der Waals surface area (Å²) in [5, 5.41) is 29.9. The summed E-state index contributed by atoms with van der Waals surface area (Å²) >= 11 is 6.57. The minimum atomic E-state index is -0.771. The molecule has 5 heteroatoms. The average molecular weight is 457 g/mol. The quantitative estimate of drug-likeness (QED) is 0.233. The number of benzene rings is 2. The summed E-state index contributed by atoms with van der Waals surface area (Å²) in [6, 6.07) is 18.1. The van der Waals surface area contributed by atoms with Gasteiger partial charge in [0.2, 0.25) is 0 Å². The van der Waals surface area contributed by atoms with E-state index in [9.17, 15) is 15.0 Å². The van der Waals surface area contributed by atoms with Crippen molar-refractivity contribution in [1.29, 1.82) is 0 Å². The highest BCUT2D eigenvalue weighted by atomic mass is 35.5. The van der Waals surface area contributed by atoms with Gasteiger partial charge in [-0.2, -0.15) is 0 Å². The third-order valence-electron chi connectivity index (χ3n) is 6.40. The third kappa shape index (κ3) is 6.93. The van der Waals surface area contributed by atoms with Crippen molar-refractivity contribution in [2.24, 2.45) is 5.92 Å². The summed E-state index contributed by atoms with van der Waals surface area (Å²) in [4.78, 5) is 10.6. The van der Waals surface area contributed by atoms with E-state index >= 15 is 0 Å². The second kappa shape index (κ2) is 12.2. The third-order valence-corrected chi connectivity index (χ3v) is 6.90. The van der Waals surface area contributed by atoms with Gasteiger partial charge in [-0.05, 0) is 61.1 Å².